The molecule has 0 saturated carbocycles. The standard InChI is InChI=1S/C9H7IN2O3S/c10-7-2-1-3-8(4-7)12-16(13,14)9-5-11-15-6-9/h1-6,12H. The van der Waals surface area contributed by atoms with Crippen LogP contribution in [0.3, 0.4) is 0 Å². The van der Waals surface area contributed by atoms with E-state index in [9.17, 15) is 8.42 Å². The predicted octanol–water partition coefficient (Wildman–Crippen LogP) is 2.08. The van der Waals surface area contributed by atoms with E-state index in [0.29, 0.717) is 5.69 Å². The molecule has 2 aromatic rings. The van der Waals surface area contributed by atoms with Gasteiger partial charge in [-0.1, -0.05) is 11.2 Å². The summed E-state index contributed by atoms with van der Waals surface area (Å²) in [6.45, 7) is 0. The maximum absolute atomic E-state index is 11.8. The number of anilines is 1. The van der Waals surface area contributed by atoms with Crippen molar-refractivity contribution >= 4 is 38.3 Å². The second-order valence-electron chi connectivity index (χ2n) is 2.98. The Morgan fingerprint density at radius 1 is 1.38 bits per heavy atom. The van der Waals surface area contributed by atoms with Gasteiger partial charge in [0, 0.05) is 9.26 Å². The largest absolute Gasteiger partial charge is 0.363 e. The summed E-state index contributed by atoms with van der Waals surface area (Å²) in [6, 6.07) is 7.05. The highest BCUT2D eigenvalue weighted by atomic mass is 127. The van der Waals surface area contributed by atoms with Crippen LogP contribution in [0.2, 0.25) is 0 Å². The van der Waals surface area contributed by atoms with E-state index in [0.717, 1.165) is 16.0 Å². The number of hydrogen-bond donors (Lipinski definition) is 1. The van der Waals surface area contributed by atoms with E-state index in [1.807, 2.05) is 6.07 Å². The van der Waals surface area contributed by atoms with Crippen molar-refractivity contribution < 1.29 is 12.9 Å². The Kier molecular flexibility index (Phi) is 3.15. The molecule has 0 radical (unpaired) electrons. The number of hydrogen-bond acceptors (Lipinski definition) is 4. The van der Waals surface area contributed by atoms with Crippen LogP contribution in [0, 0.1) is 3.57 Å². The van der Waals surface area contributed by atoms with E-state index in [1.54, 1.807) is 18.2 Å². The minimum Gasteiger partial charge on any atom is -0.363 e. The molecular formula is C9H7IN2O3S. The zero-order valence-corrected chi connectivity index (χ0v) is 10.9. The monoisotopic (exact) mass is 350 g/mol. The van der Waals surface area contributed by atoms with Gasteiger partial charge in [0.15, 0.2) is 0 Å². The van der Waals surface area contributed by atoms with E-state index < -0.39 is 10.0 Å². The van der Waals surface area contributed by atoms with Crippen LogP contribution in [0.4, 0.5) is 5.69 Å². The Morgan fingerprint density at radius 3 is 2.81 bits per heavy atom. The molecule has 0 aliphatic rings. The quantitative estimate of drug-likeness (QED) is 0.861. The van der Waals surface area contributed by atoms with Crippen LogP contribution in [0.25, 0.3) is 0 Å². The Bertz CT molecular complexity index is 581. The molecule has 0 atom stereocenters. The predicted molar refractivity (Wildman–Crippen MR) is 66.5 cm³/mol. The highest BCUT2D eigenvalue weighted by molar-refractivity contribution is 14.1. The first-order valence-electron chi connectivity index (χ1n) is 4.26. The molecule has 1 heterocycles. The second-order valence-corrected chi connectivity index (χ2v) is 5.90. The number of sulfonamides is 1. The molecule has 0 aliphatic heterocycles. The lowest BCUT2D eigenvalue weighted by Gasteiger charge is -2.05. The van der Waals surface area contributed by atoms with Crippen LogP contribution < -0.4 is 4.72 Å². The number of benzene rings is 1. The number of nitrogens with zero attached hydrogens (tertiary/aromatic N) is 1. The van der Waals surface area contributed by atoms with Crippen molar-refractivity contribution in [2.45, 2.75) is 4.90 Å². The van der Waals surface area contributed by atoms with Gasteiger partial charge in [0.25, 0.3) is 10.0 Å². The lowest BCUT2D eigenvalue weighted by Crippen LogP contribution is -2.12. The molecule has 1 N–H and O–H groups in total. The third kappa shape index (κ3) is 2.53. The number of rotatable bonds is 3. The Hall–Kier alpha value is -1.09. The van der Waals surface area contributed by atoms with Crippen LogP contribution in [-0.2, 0) is 10.0 Å². The SMILES string of the molecule is O=S(=O)(Nc1cccc(I)c1)c1cnoc1. The molecule has 2 rings (SSSR count). The molecule has 16 heavy (non-hydrogen) atoms. The Morgan fingerprint density at radius 2 is 2.19 bits per heavy atom. The molecule has 7 heteroatoms. The van der Waals surface area contributed by atoms with E-state index in [-0.39, 0.29) is 4.90 Å². The van der Waals surface area contributed by atoms with E-state index in [4.69, 9.17) is 0 Å². The summed E-state index contributed by atoms with van der Waals surface area (Å²) >= 11 is 2.10. The van der Waals surface area contributed by atoms with Crippen molar-refractivity contribution in [1.29, 1.82) is 0 Å². The lowest BCUT2D eigenvalue weighted by atomic mass is 10.3. The van der Waals surface area contributed by atoms with E-state index >= 15 is 0 Å². The first-order valence-corrected chi connectivity index (χ1v) is 6.82. The van der Waals surface area contributed by atoms with Gasteiger partial charge in [-0.2, -0.15) is 0 Å². The first kappa shape index (κ1) is 11.4. The molecule has 1 aromatic heterocycles. The zero-order valence-electron chi connectivity index (χ0n) is 7.92. The smallest absolute Gasteiger partial charge is 0.266 e. The first-order chi connectivity index (χ1) is 7.58. The van der Waals surface area contributed by atoms with Gasteiger partial charge in [0.05, 0.1) is 6.20 Å². The fourth-order valence-corrected chi connectivity index (χ4v) is 2.54. The molecule has 0 spiro atoms. The van der Waals surface area contributed by atoms with Crippen LogP contribution in [0.15, 0.2) is 46.1 Å². The zero-order chi connectivity index (χ0) is 11.6. The molecule has 0 bridgehead atoms. The van der Waals surface area contributed by atoms with Crippen molar-refractivity contribution in [3.63, 3.8) is 0 Å². The minimum atomic E-state index is -3.60. The fourth-order valence-electron chi connectivity index (χ4n) is 1.09. The Balaban J connectivity index is 2.29. The van der Waals surface area contributed by atoms with Gasteiger partial charge in [-0.15, -0.1) is 0 Å². The summed E-state index contributed by atoms with van der Waals surface area (Å²) in [6.07, 6.45) is 2.23. The number of halogens is 1. The van der Waals surface area contributed by atoms with Crippen molar-refractivity contribution in [2.75, 3.05) is 4.72 Å². The van der Waals surface area contributed by atoms with Crippen LogP contribution in [0.1, 0.15) is 0 Å². The summed E-state index contributed by atoms with van der Waals surface area (Å²) in [5.74, 6) is 0. The molecule has 0 amide bonds. The average molecular weight is 350 g/mol. The van der Waals surface area contributed by atoms with Gasteiger partial charge in [0.1, 0.15) is 11.2 Å². The van der Waals surface area contributed by atoms with E-state index in [2.05, 4.69) is 37.0 Å². The van der Waals surface area contributed by atoms with Gasteiger partial charge in [-0.25, -0.2) is 8.42 Å². The summed E-state index contributed by atoms with van der Waals surface area (Å²) in [5.41, 5.74) is 0.508. The number of nitrogens with one attached hydrogen (secondary N) is 1. The third-order valence-corrected chi connectivity index (χ3v) is 3.79. The summed E-state index contributed by atoms with van der Waals surface area (Å²) in [5, 5.41) is 3.35. The Labute approximate surface area is 106 Å². The molecule has 0 unspecified atom stereocenters. The summed E-state index contributed by atoms with van der Waals surface area (Å²) < 4.78 is 31.4. The molecule has 0 fully saturated rings. The van der Waals surface area contributed by atoms with Crippen LogP contribution in [-0.4, -0.2) is 13.6 Å². The molecular weight excluding hydrogens is 343 g/mol. The van der Waals surface area contributed by atoms with Gasteiger partial charge in [-0.05, 0) is 40.8 Å². The van der Waals surface area contributed by atoms with Crippen LogP contribution in [0.5, 0.6) is 0 Å². The van der Waals surface area contributed by atoms with Gasteiger partial charge >= 0.3 is 0 Å². The lowest BCUT2D eigenvalue weighted by molar-refractivity contribution is 0.417. The minimum absolute atomic E-state index is 0.00589. The van der Waals surface area contributed by atoms with Crippen molar-refractivity contribution in [3.05, 3.63) is 40.3 Å². The molecule has 0 saturated heterocycles. The fraction of sp³-hybridized carbons (Fsp3) is 0. The van der Waals surface area contributed by atoms with Crippen molar-refractivity contribution in [1.82, 2.24) is 5.16 Å². The maximum Gasteiger partial charge on any atom is 0.266 e. The highest BCUT2D eigenvalue weighted by Gasteiger charge is 2.16. The molecule has 84 valence electrons. The van der Waals surface area contributed by atoms with Gasteiger partial charge in [-0.3, -0.25) is 4.72 Å². The normalized spacial score (nSPS) is 11.3. The topological polar surface area (TPSA) is 72.2 Å². The third-order valence-electron chi connectivity index (χ3n) is 1.80. The second kappa shape index (κ2) is 4.42. The summed E-state index contributed by atoms with van der Waals surface area (Å²) in [4.78, 5) is 0.00589. The van der Waals surface area contributed by atoms with Crippen LogP contribution >= 0.6 is 22.6 Å². The maximum atomic E-state index is 11.8. The summed E-state index contributed by atoms with van der Waals surface area (Å²) in [7, 11) is -3.60. The van der Waals surface area contributed by atoms with Crippen molar-refractivity contribution in [2.24, 2.45) is 0 Å². The van der Waals surface area contributed by atoms with Gasteiger partial charge < -0.3 is 4.52 Å². The van der Waals surface area contributed by atoms with E-state index in [1.165, 1.54) is 0 Å². The van der Waals surface area contributed by atoms with Crippen molar-refractivity contribution in [3.8, 4) is 0 Å². The van der Waals surface area contributed by atoms with Gasteiger partial charge in [0.2, 0.25) is 0 Å². The highest BCUT2D eigenvalue weighted by Crippen LogP contribution is 2.17. The molecule has 0 aliphatic carbocycles. The average Bonchev–Trinajstić information content (AvgIpc) is 2.69. The molecule has 1 aromatic carbocycles. The number of aromatic nitrogens is 1. The molecule has 5 nitrogen and oxygen atoms in total.